The first-order valence-electron chi connectivity index (χ1n) is 10.7. The number of fused-ring (bicyclic) bond motifs is 1. The van der Waals surface area contributed by atoms with Crippen molar-refractivity contribution < 1.29 is 5.11 Å². The summed E-state index contributed by atoms with van der Waals surface area (Å²) in [7, 11) is 0. The maximum Gasteiger partial charge on any atom is 0.129 e. The summed E-state index contributed by atoms with van der Waals surface area (Å²) in [5.74, 6) is 1.61. The fourth-order valence-corrected chi connectivity index (χ4v) is 4.84. The minimum Gasteiger partial charge on any atom is -0.396 e. The van der Waals surface area contributed by atoms with E-state index >= 15 is 0 Å². The highest BCUT2D eigenvalue weighted by atomic mass is 16.3. The fourth-order valence-electron chi connectivity index (χ4n) is 4.84. The second-order valence-corrected chi connectivity index (χ2v) is 8.41. The molecule has 0 radical (unpaired) electrons. The van der Waals surface area contributed by atoms with Crippen LogP contribution in [-0.2, 0) is 6.42 Å². The van der Waals surface area contributed by atoms with Crippen LogP contribution in [0.25, 0.3) is 10.9 Å². The molecule has 2 aliphatic rings. The molecule has 1 aromatic heterocycles. The van der Waals surface area contributed by atoms with Gasteiger partial charge in [0.05, 0.1) is 5.52 Å². The molecule has 4 heteroatoms. The molecule has 1 N–H and O–H groups in total. The van der Waals surface area contributed by atoms with E-state index < -0.39 is 0 Å². The molecule has 2 aromatic rings. The Morgan fingerprint density at radius 2 is 1.93 bits per heavy atom. The fraction of sp³-hybridized carbons (Fsp3) is 0.609. The maximum atomic E-state index is 9.50. The summed E-state index contributed by atoms with van der Waals surface area (Å²) in [4.78, 5) is 10.1. The van der Waals surface area contributed by atoms with Crippen LogP contribution in [0.1, 0.15) is 43.7 Å². The summed E-state index contributed by atoms with van der Waals surface area (Å²) in [5.41, 5.74) is 3.82. The molecule has 2 aliphatic heterocycles. The van der Waals surface area contributed by atoms with Crippen molar-refractivity contribution in [2.24, 2.45) is 5.92 Å². The molecule has 4 rings (SSSR count). The van der Waals surface area contributed by atoms with Crippen LogP contribution in [0.5, 0.6) is 0 Å². The van der Waals surface area contributed by atoms with Crippen molar-refractivity contribution >= 4 is 16.7 Å². The Bertz CT molecular complexity index is 783. The molecule has 2 fully saturated rings. The largest absolute Gasteiger partial charge is 0.396 e. The van der Waals surface area contributed by atoms with Crippen molar-refractivity contribution in [3.63, 3.8) is 0 Å². The highest BCUT2D eigenvalue weighted by Crippen LogP contribution is 2.28. The lowest BCUT2D eigenvalue weighted by molar-refractivity contribution is 0.0777. The molecule has 0 amide bonds. The number of likely N-dealkylation sites (tertiary alicyclic amines) is 1. The molecule has 0 aliphatic carbocycles. The zero-order valence-electron chi connectivity index (χ0n) is 16.8. The van der Waals surface area contributed by atoms with Gasteiger partial charge in [0, 0.05) is 37.7 Å². The van der Waals surface area contributed by atoms with Crippen LogP contribution in [-0.4, -0.2) is 53.8 Å². The molecule has 27 heavy (non-hydrogen) atoms. The molecule has 0 saturated carbocycles. The van der Waals surface area contributed by atoms with E-state index in [2.05, 4.69) is 47.9 Å². The number of piperidine rings is 2. The summed E-state index contributed by atoms with van der Waals surface area (Å²) < 4.78 is 0. The van der Waals surface area contributed by atoms with Gasteiger partial charge in [0.15, 0.2) is 0 Å². The van der Waals surface area contributed by atoms with Crippen molar-refractivity contribution in [3.8, 4) is 0 Å². The summed E-state index contributed by atoms with van der Waals surface area (Å²) in [6.07, 6.45) is 5.89. The van der Waals surface area contributed by atoms with Crippen LogP contribution < -0.4 is 4.90 Å². The van der Waals surface area contributed by atoms with Crippen molar-refractivity contribution in [2.75, 3.05) is 37.7 Å². The van der Waals surface area contributed by atoms with E-state index in [1.54, 1.807) is 0 Å². The second kappa shape index (κ2) is 8.15. The third-order valence-electron chi connectivity index (χ3n) is 6.59. The molecule has 0 unspecified atom stereocenters. The first-order chi connectivity index (χ1) is 13.2. The van der Waals surface area contributed by atoms with Gasteiger partial charge in [0.2, 0.25) is 0 Å². The highest BCUT2D eigenvalue weighted by molar-refractivity contribution is 5.84. The first kappa shape index (κ1) is 18.7. The quantitative estimate of drug-likeness (QED) is 0.893. The van der Waals surface area contributed by atoms with E-state index in [9.17, 15) is 5.11 Å². The Kier molecular flexibility index (Phi) is 5.65. The van der Waals surface area contributed by atoms with Gasteiger partial charge in [0.1, 0.15) is 5.82 Å². The number of rotatable bonds is 4. The Morgan fingerprint density at radius 1 is 1.11 bits per heavy atom. The third kappa shape index (κ3) is 3.97. The monoisotopic (exact) mass is 367 g/mol. The Hall–Kier alpha value is -1.65. The number of aromatic nitrogens is 1. The topological polar surface area (TPSA) is 39.6 Å². The molecular formula is C23H33N3O. The minimum absolute atomic E-state index is 0.343. The molecule has 1 atom stereocenters. The van der Waals surface area contributed by atoms with Crippen molar-refractivity contribution in [1.82, 2.24) is 9.88 Å². The van der Waals surface area contributed by atoms with E-state index in [1.807, 2.05) is 0 Å². The van der Waals surface area contributed by atoms with Crippen LogP contribution in [0.4, 0.5) is 5.82 Å². The van der Waals surface area contributed by atoms with E-state index in [1.165, 1.54) is 48.7 Å². The van der Waals surface area contributed by atoms with Crippen LogP contribution in [0.2, 0.25) is 0 Å². The van der Waals surface area contributed by atoms with E-state index in [4.69, 9.17) is 4.98 Å². The Labute approximate surface area is 163 Å². The molecule has 0 bridgehead atoms. The predicted octanol–water partition coefficient (Wildman–Crippen LogP) is 3.78. The highest BCUT2D eigenvalue weighted by Gasteiger charge is 2.29. The van der Waals surface area contributed by atoms with Gasteiger partial charge in [-0.05, 0) is 80.8 Å². The first-order valence-corrected chi connectivity index (χ1v) is 10.7. The number of hydrogen-bond acceptors (Lipinski definition) is 4. The van der Waals surface area contributed by atoms with Crippen molar-refractivity contribution in [1.29, 1.82) is 0 Å². The average molecular weight is 368 g/mol. The number of pyridine rings is 1. The van der Waals surface area contributed by atoms with Gasteiger partial charge in [0.25, 0.3) is 0 Å². The zero-order valence-corrected chi connectivity index (χ0v) is 16.8. The average Bonchev–Trinajstić information content (AvgIpc) is 2.73. The number of hydrogen-bond donors (Lipinski definition) is 1. The van der Waals surface area contributed by atoms with Crippen molar-refractivity contribution in [3.05, 3.63) is 35.4 Å². The smallest absolute Gasteiger partial charge is 0.129 e. The molecule has 4 nitrogen and oxygen atoms in total. The van der Waals surface area contributed by atoms with Gasteiger partial charge >= 0.3 is 0 Å². The van der Waals surface area contributed by atoms with Gasteiger partial charge < -0.3 is 10.0 Å². The van der Waals surface area contributed by atoms with E-state index in [-0.39, 0.29) is 0 Å². The Morgan fingerprint density at radius 3 is 2.67 bits per heavy atom. The minimum atomic E-state index is 0.343. The number of aliphatic hydroxyl groups excluding tert-OH is 1. The molecule has 146 valence electrons. The summed E-state index contributed by atoms with van der Waals surface area (Å²) in [6.45, 7) is 9.19. The lowest BCUT2D eigenvalue weighted by Crippen LogP contribution is -2.49. The number of anilines is 1. The molecule has 0 spiro atoms. The number of aryl methyl sites for hydroxylation is 2. The van der Waals surface area contributed by atoms with E-state index in [0.29, 0.717) is 18.6 Å². The van der Waals surface area contributed by atoms with Gasteiger partial charge in [-0.25, -0.2) is 4.98 Å². The SMILES string of the molecule is CCc1ccc2nc(N3CCC(N4CCC[C@H](CO)C4)CC3)cc(C)c2c1. The standard InChI is InChI=1S/C23H33N3O/c1-3-18-6-7-22-21(14-18)17(2)13-23(24-22)25-11-8-20(9-12-25)26-10-4-5-19(15-26)16-27/h6-7,13-14,19-20,27H,3-5,8-12,15-16H2,1-2H3/t19-/m0/s1. The molecule has 1 aromatic carbocycles. The number of aliphatic hydroxyl groups is 1. The van der Waals surface area contributed by atoms with Crippen LogP contribution >= 0.6 is 0 Å². The maximum absolute atomic E-state index is 9.50. The molecule has 2 saturated heterocycles. The van der Waals surface area contributed by atoms with Gasteiger partial charge in [-0.2, -0.15) is 0 Å². The van der Waals surface area contributed by atoms with E-state index in [0.717, 1.165) is 37.4 Å². The predicted molar refractivity (Wildman–Crippen MR) is 112 cm³/mol. The number of benzene rings is 1. The van der Waals surface area contributed by atoms with Gasteiger partial charge in [-0.3, -0.25) is 4.90 Å². The Balaban J connectivity index is 1.45. The lowest BCUT2D eigenvalue weighted by Gasteiger charge is -2.42. The van der Waals surface area contributed by atoms with Crippen LogP contribution in [0.15, 0.2) is 24.3 Å². The normalized spacial score (nSPS) is 22.5. The van der Waals surface area contributed by atoms with Crippen LogP contribution in [0.3, 0.4) is 0 Å². The summed E-state index contributed by atoms with van der Waals surface area (Å²) in [6, 6.07) is 9.62. The van der Waals surface area contributed by atoms with Crippen molar-refractivity contribution in [2.45, 2.75) is 52.0 Å². The van der Waals surface area contributed by atoms with Gasteiger partial charge in [-0.1, -0.05) is 13.0 Å². The molecule has 3 heterocycles. The second-order valence-electron chi connectivity index (χ2n) is 8.41. The summed E-state index contributed by atoms with van der Waals surface area (Å²) in [5, 5.41) is 10.8. The summed E-state index contributed by atoms with van der Waals surface area (Å²) >= 11 is 0. The lowest BCUT2D eigenvalue weighted by atomic mass is 9.94. The zero-order chi connectivity index (χ0) is 18.8. The third-order valence-corrected chi connectivity index (χ3v) is 6.59. The number of nitrogens with zero attached hydrogens (tertiary/aromatic N) is 3. The van der Waals surface area contributed by atoms with Gasteiger partial charge in [-0.15, -0.1) is 0 Å². The molecular weight excluding hydrogens is 334 g/mol. The van der Waals surface area contributed by atoms with Crippen LogP contribution in [0, 0.1) is 12.8 Å².